The van der Waals surface area contributed by atoms with Gasteiger partial charge in [0.05, 0.1) is 0 Å². The van der Waals surface area contributed by atoms with Gasteiger partial charge >= 0.3 is 0 Å². The molecule has 0 N–H and O–H groups in total. The maximum Gasteiger partial charge on any atom is 0.198 e. The number of ketones is 1. The molecular weight excluding hydrogens is 398 g/mol. The Morgan fingerprint density at radius 3 is 2.88 bits per heavy atom. The van der Waals surface area contributed by atoms with E-state index in [2.05, 4.69) is 41.9 Å². The minimum Gasteiger partial charge on any atom is -0.353 e. The van der Waals surface area contributed by atoms with Gasteiger partial charge in [0.25, 0.3) is 0 Å². The van der Waals surface area contributed by atoms with Gasteiger partial charge in [-0.1, -0.05) is 32.0 Å². The Morgan fingerprint density at radius 2 is 2.03 bits per heavy atom. The van der Waals surface area contributed by atoms with Crippen LogP contribution in [-0.4, -0.2) is 38.5 Å². The van der Waals surface area contributed by atoms with Gasteiger partial charge in [-0.2, -0.15) is 5.10 Å². The second kappa shape index (κ2) is 7.12. The molecule has 6 nitrogen and oxygen atoms in total. The fourth-order valence-corrected chi connectivity index (χ4v) is 6.27. The van der Waals surface area contributed by atoms with Crippen LogP contribution in [0.15, 0.2) is 30.6 Å². The number of hydrogen-bond donors (Lipinski definition) is 0. The molecule has 32 heavy (non-hydrogen) atoms. The average molecular weight is 430 g/mol. The zero-order valence-electron chi connectivity index (χ0n) is 19.1. The normalized spacial score (nSPS) is 24.6. The Bertz CT molecular complexity index is 1210. The van der Waals surface area contributed by atoms with Crippen molar-refractivity contribution in [3.8, 4) is 0 Å². The first-order valence-corrected chi connectivity index (χ1v) is 12.0. The Balaban J connectivity index is 1.27. The highest BCUT2D eigenvalue weighted by atomic mass is 16.1. The van der Waals surface area contributed by atoms with E-state index in [4.69, 9.17) is 10.1 Å². The molecule has 0 unspecified atom stereocenters. The van der Waals surface area contributed by atoms with Crippen LogP contribution in [0.25, 0.3) is 5.65 Å². The fraction of sp³-hybridized carbons (Fsp3) is 0.538. The molecule has 1 saturated heterocycles. The maximum absolute atomic E-state index is 11.9. The molecule has 0 radical (unpaired) electrons. The van der Waals surface area contributed by atoms with Crippen molar-refractivity contribution < 1.29 is 4.79 Å². The molecule has 2 aliphatic carbocycles. The van der Waals surface area contributed by atoms with Crippen LogP contribution in [0.3, 0.4) is 0 Å². The van der Waals surface area contributed by atoms with Gasteiger partial charge in [-0.25, -0.2) is 14.5 Å². The van der Waals surface area contributed by atoms with Gasteiger partial charge in [-0.05, 0) is 59.6 Å². The van der Waals surface area contributed by atoms with Crippen LogP contribution in [0.4, 0.5) is 5.82 Å². The predicted molar refractivity (Wildman–Crippen MR) is 124 cm³/mol. The summed E-state index contributed by atoms with van der Waals surface area (Å²) in [6, 6.07) is 6.93. The molecule has 3 heterocycles. The van der Waals surface area contributed by atoms with Crippen molar-refractivity contribution in [3.63, 3.8) is 0 Å². The summed E-state index contributed by atoms with van der Waals surface area (Å²) in [4.78, 5) is 23.8. The SMILES string of the molecule is CC1(C)CCCc2cc(Cc3nc4c(N5CC[C@]6(CCC(=O)C6)C5)nccn4n3)ccc21. The largest absolute Gasteiger partial charge is 0.353 e. The van der Waals surface area contributed by atoms with Gasteiger partial charge in [0.2, 0.25) is 0 Å². The summed E-state index contributed by atoms with van der Waals surface area (Å²) in [5.74, 6) is 2.14. The number of aromatic nitrogens is 4. The molecule has 0 amide bonds. The summed E-state index contributed by atoms with van der Waals surface area (Å²) in [6.07, 6.45) is 11.6. The lowest BCUT2D eigenvalue weighted by Gasteiger charge is -2.32. The van der Waals surface area contributed by atoms with E-state index in [0.717, 1.165) is 62.5 Å². The standard InChI is InChI=1S/C26H31N5O/c1-25(2)8-3-4-19-14-18(5-6-21(19)25)15-22-28-24-23(27-11-13-31(24)29-22)30-12-10-26(17-30)9-7-20(32)16-26/h5-6,11,13-14H,3-4,7-10,12,15-17H2,1-2H3/t26-/m0/s1. The Hall–Kier alpha value is -2.76. The van der Waals surface area contributed by atoms with Crippen molar-refractivity contribution in [1.82, 2.24) is 19.6 Å². The monoisotopic (exact) mass is 429 g/mol. The van der Waals surface area contributed by atoms with E-state index in [0.29, 0.717) is 5.78 Å². The molecule has 1 saturated carbocycles. The van der Waals surface area contributed by atoms with Crippen LogP contribution < -0.4 is 4.90 Å². The number of carbonyl (C=O) groups is 1. The van der Waals surface area contributed by atoms with E-state index in [9.17, 15) is 4.79 Å². The number of benzene rings is 1. The van der Waals surface area contributed by atoms with Crippen LogP contribution in [0.1, 0.15) is 74.9 Å². The second-order valence-electron chi connectivity index (χ2n) is 10.8. The number of rotatable bonds is 3. The molecule has 3 aromatic rings. The third kappa shape index (κ3) is 3.31. The van der Waals surface area contributed by atoms with Crippen LogP contribution >= 0.6 is 0 Å². The highest BCUT2D eigenvalue weighted by Gasteiger charge is 2.44. The number of fused-ring (bicyclic) bond motifs is 2. The van der Waals surface area contributed by atoms with Crippen molar-refractivity contribution >= 4 is 17.2 Å². The number of Topliss-reactive ketones (excluding diaryl/α,β-unsaturated/α-hetero) is 1. The molecule has 1 aromatic carbocycles. The van der Waals surface area contributed by atoms with E-state index in [1.165, 1.54) is 36.0 Å². The zero-order valence-corrected chi connectivity index (χ0v) is 19.1. The van der Waals surface area contributed by atoms with Crippen LogP contribution in [0, 0.1) is 5.41 Å². The van der Waals surface area contributed by atoms with Gasteiger partial charge < -0.3 is 4.90 Å². The van der Waals surface area contributed by atoms with Crippen molar-refractivity contribution in [2.24, 2.45) is 5.41 Å². The number of hydrogen-bond acceptors (Lipinski definition) is 5. The number of carbonyl (C=O) groups excluding carboxylic acids is 1. The highest BCUT2D eigenvalue weighted by Crippen LogP contribution is 2.45. The predicted octanol–water partition coefficient (Wildman–Crippen LogP) is 4.28. The van der Waals surface area contributed by atoms with E-state index < -0.39 is 0 Å². The first-order chi connectivity index (χ1) is 15.4. The van der Waals surface area contributed by atoms with Crippen molar-refractivity contribution in [1.29, 1.82) is 0 Å². The molecule has 3 aliphatic rings. The quantitative estimate of drug-likeness (QED) is 0.622. The molecule has 1 spiro atoms. The smallest absolute Gasteiger partial charge is 0.198 e. The van der Waals surface area contributed by atoms with Crippen LogP contribution in [0.2, 0.25) is 0 Å². The molecule has 166 valence electrons. The van der Waals surface area contributed by atoms with Gasteiger partial charge in [-0.3, -0.25) is 4.79 Å². The minimum atomic E-state index is 0.144. The van der Waals surface area contributed by atoms with Gasteiger partial charge in [0.1, 0.15) is 5.78 Å². The molecule has 6 heteroatoms. The van der Waals surface area contributed by atoms with Gasteiger partial charge in [0.15, 0.2) is 17.3 Å². The third-order valence-corrected chi connectivity index (χ3v) is 8.03. The first-order valence-electron chi connectivity index (χ1n) is 12.0. The Morgan fingerprint density at radius 1 is 1.12 bits per heavy atom. The Labute approximate surface area is 189 Å². The maximum atomic E-state index is 11.9. The van der Waals surface area contributed by atoms with Crippen molar-refractivity contribution in [3.05, 3.63) is 53.1 Å². The molecule has 1 aliphatic heterocycles. The first kappa shape index (κ1) is 19.9. The molecule has 2 aromatic heterocycles. The summed E-state index contributed by atoms with van der Waals surface area (Å²) in [7, 11) is 0. The number of anilines is 1. The molecular formula is C26H31N5O. The second-order valence-corrected chi connectivity index (χ2v) is 10.8. The number of aryl methyl sites for hydroxylation is 1. The van der Waals surface area contributed by atoms with Crippen LogP contribution in [-0.2, 0) is 23.1 Å². The lowest BCUT2D eigenvalue weighted by molar-refractivity contribution is -0.117. The summed E-state index contributed by atoms with van der Waals surface area (Å²) in [5.41, 5.74) is 5.49. The minimum absolute atomic E-state index is 0.144. The van der Waals surface area contributed by atoms with E-state index in [1.54, 1.807) is 0 Å². The summed E-state index contributed by atoms with van der Waals surface area (Å²) < 4.78 is 1.87. The topological polar surface area (TPSA) is 63.4 Å². The lowest BCUT2D eigenvalue weighted by atomic mass is 9.72. The molecule has 1 atom stereocenters. The molecule has 6 rings (SSSR count). The lowest BCUT2D eigenvalue weighted by Crippen LogP contribution is -2.26. The Kier molecular flexibility index (Phi) is 4.43. The van der Waals surface area contributed by atoms with Crippen LogP contribution in [0.5, 0.6) is 0 Å². The fourth-order valence-electron chi connectivity index (χ4n) is 6.27. The summed E-state index contributed by atoms with van der Waals surface area (Å²) in [5, 5.41) is 4.77. The van der Waals surface area contributed by atoms with Gasteiger partial charge in [0, 0.05) is 44.7 Å². The zero-order chi connectivity index (χ0) is 21.9. The van der Waals surface area contributed by atoms with E-state index in [-0.39, 0.29) is 10.8 Å². The molecule has 0 bridgehead atoms. The highest BCUT2D eigenvalue weighted by molar-refractivity contribution is 5.82. The summed E-state index contributed by atoms with van der Waals surface area (Å²) in [6.45, 7) is 6.54. The molecule has 2 fully saturated rings. The number of nitrogens with zero attached hydrogens (tertiary/aromatic N) is 5. The van der Waals surface area contributed by atoms with Gasteiger partial charge in [-0.15, -0.1) is 0 Å². The average Bonchev–Trinajstić information content (AvgIpc) is 3.46. The van der Waals surface area contributed by atoms with Crippen molar-refractivity contribution in [2.45, 2.75) is 70.6 Å². The van der Waals surface area contributed by atoms with Crippen molar-refractivity contribution in [2.75, 3.05) is 18.0 Å². The third-order valence-electron chi connectivity index (χ3n) is 8.03. The van der Waals surface area contributed by atoms with E-state index >= 15 is 0 Å². The van der Waals surface area contributed by atoms with E-state index in [1.807, 2.05) is 16.9 Å². The summed E-state index contributed by atoms with van der Waals surface area (Å²) >= 11 is 0.